The molecule has 0 fully saturated rings. The Morgan fingerprint density at radius 3 is 2.31 bits per heavy atom. The molecule has 0 radical (unpaired) electrons. The summed E-state index contributed by atoms with van der Waals surface area (Å²) in [6.45, 7) is 0. The Morgan fingerprint density at radius 1 is 0.688 bits per heavy atom. The van der Waals surface area contributed by atoms with Crippen LogP contribution in [-0.4, -0.2) is 6.04 Å². The van der Waals surface area contributed by atoms with E-state index in [0.29, 0.717) is 5.92 Å². The maximum atomic E-state index is 7.21. The van der Waals surface area contributed by atoms with E-state index in [0.717, 1.165) is 61.0 Å². The molecule has 7 rings (SSSR count). The van der Waals surface area contributed by atoms with E-state index in [1.165, 1.54) is 39.8 Å². The first-order chi connectivity index (χ1) is 23.6. The maximum absolute atomic E-state index is 7.21. The summed E-state index contributed by atoms with van der Waals surface area (Å²) in [4.78, 5) is 0. The normalized spacial score (nSPS) is 19.2. The molecule has 0 bridgehead atoms. The molecule has 3 heteroatoms. The lowest BCUT2D eigenvalue weighted by Crippen LogP contribution is -2.43. The van der Waals surface area contributed by atoms with E-state index in [2.05, 4.69) is 151 Å². The zero-order valence-corrected chi connectivity index (χ0v) is 27.8. The van der Waals surface area contributed by atoms with Crippen molar-refractivity contribution >= 4 is 16.9 Å². The third-order valence-electron chi connectivity index (χ3n) is 10.2. The summed E-state index contributed by atoms with van der Waals surface area (Å²) >= 11 is 0. The number of hydrogen-bond donors (Lipinski definition) is 3. The van der Waals surface area contributed by atoms with Crippen LogP contribution in [0.2, 0.25) is 0 Å². The van der Waals surface area contributed by atoms with Gasteiger partial charge in [0.25, 0.3) is 0 Å². The topological polar surface area (TPSA) is 64.1 Å². The Hall–Kier alpha value is -4.70. The van der Waals surface area contributed by atoms with Crippen LogP contribution in [0.5, 0.6) is 0 Å². The van der Waals surface area contributed by atoms with Crippen molar-refractivity contribution < 1.29 is 0 Å². The maximum Gasteiger partial charge on any atom is 0.0464 e. The number of anilines is 2. The minimum absolute atomic E-state index is 0.0212. The molecular formula is C45H47N3. The van der Waals surface area contributed by atoms with E-state index in [1.54, 1.807) is 0 Å². The Bertz CT molecular complexity index is 1880. The second-order valence-electron chi connectivity index (χ2n) is 13.5. The monoisotopic (exact) mass is 629 g/mol. The van der Waals surface area contributed by atoms with Gasteiger partial charge in [-0.1, -0.05) is 121 Å². The number of benzene rings is 4. The average molecular weight is 630 g/mol. The molecule has 0 aromatic heterocycles. The Labute approximate surface area is 286 Å². The zero-order valence-electron chi connectivity index (χ0n) is 27.8. The van der Waals surface area contributed by atoms with Crippen LogP contribution >= 0.6 is 0 Å². The Balaban J connectivity index is 1.20. The van der Waals surface area contributed by atoms with Gasteiger partial charge in [-0.25, -0.2) is 0 Å². The van der Waals surface area contributed by atoms with Gasteiger partial charge >= 0.3 is 0 Å². The van der Waals surface area contributed by atoms with Gasteiger partial charge in [-0.05, 0) is 115 Å². The van der Waals surface area contributed by atoms with Crippen molar-refractivity contribution in [2.75, 3.05) is 5.32 Å². The molecule has 3 aliphatic rings. The van der Waals surface area contributed by atoms with E-state index in [9.17, 15) is 0 Å². The Kier molecular flexibility index (Phi) is 9.98. The predicted molar refractivity (Wildman–Crippen MR) is 205 cm³/mol. The fourth-order valence-corrected chi connectivity index (χ4v) is 7.62. The van der Waals surface area contributed by atoms with Crippen LogP contribution in [0.15, 0.2) is 151 Å². The summed E-state index contributed by atoms with van der Waals surface area (Å²) < 4.78 is 0. The van der Waals surface area contributed by atoms with Gasteiger partial charge in [0.2, 0.25) is 0 Å². The molecule has 0 heterocycles. The minimum atomic E-state index is -0.202. The van der Waals surface area contributed by atoms with Crippen molar-refractivity contribution in [3.8, 4) is 22.3 Å². The van der Waals surface area contributed by atoms with Crippen molar-refractivity contribution in [3.63, 3.8) is 0 Å². The van der Waals surface area contributed by atoms with Crippen LogP contribution in [0.1, 0.15) is 62.1 Å². The summed E-state index contributed by atoms with van der Waals surface area (Å²) in [6.07, 6.45) is 25.9. The molecule has 0 aliphatic heterocycles. The first kappa shape index (κ1) is 31.9. The van der Waals surface area contributed by atoms with Crippen LogP contribution < -0.4 is 16.8 Å². The smallest absolute Gasteiger partial charge is 0.0464 e. The molecular weight excluding hydrogens is 583 g/mol. The number of allylic oxidation sites excluding steroid dienone is 8. The molecule has 3 nitrogen and oxygen atoms in total. The molecule has 0 amide bonds. The fraction of sp³-hybridized carbons (Fsp3) is 0.244. The van der Waals surface area contributed by atoms with E-state index < -0.39 is 0 Å². The highest BCUT2D eigenvalue weighted by Gasteiger charge is 2.33. The molecule has 4 aromatic carbocycles. The van der Waals surface area contributed by atoms with E-state index in [-0.39, 0.29) is 18.0 Å². The second kappa shape index (κ2) is 15.0. The third kappa shape index (κ3) is 7.23. The molecule has 4 aromatic rings. The van der Waals surface area contributed by atoms with Crippen molar-refractivity contribution in [2.24, 2.45) is 23.3 Å². The van der Waals surface area contributed by atoms with Gasteiger partial charge in [-0.3, -0.25) is 0 Å². The van der Waals surface area contributed by atoms with Gasteiger partial charge in [-0.15, -0.1) is 0 Å². The predicted octanol–water partition coefficient (Wildman–Crippen LogP) is 11.1. The molecule has 0 saturated heterocycles. The van der Waals surface area contributed by atoms with Crippen LogP contribution in [-0.2, 0) is 0 Å². The molecule has 48 heavy (non-hydrogen) atoms. The summed E-state index contributed by atoms with van der Waals surface area (Å²) in [5.74, 6) is 0.430. The van der Waals surface area contributed by atoms with Crippen LogP contribution in [0.3, 0.4) is 0 Å². The van der Waals surface area contributed by atoms with Crippen LogP contribution in [0.4, 0.5) is 11.4 Å². The molecule has 0 saturated carbocycles. The largest absolute Gasteiger partial charge is 0.355 e. The van der Waals surface area contributed by atoms with E-state index >= 15 is 0 Å². The SMILES string of the molecule is NC(c1cccc(Nc2ccc(-c3cccc(C4=CCCC=C4)c3)cc2-c2ccccc2)c1)C(C1=CC=CCC1)[C@@H](N)C1C=CCCC1. The van der Waals surface area contributed by atoms with Crippen molar-refractivity contribution in [1.82, 2.24) is 0 Å². The number of nitrogens with one attached hydrogen (secondary N) is 1. The highest BCUT2D eigenvalue weighted by atomic mass is 14.9. The van der Waals surface area contributed by atoms with Crippen LogP contribution in [0, 0.1) is 11.8 Å². The first-order valence-corrected chi connectivity index (χ1v) is 17.7. The van der Waals surface area contributed by atoms with Gasteiger partial charge in [-0.2, -0.15) is 0 Å². The number of nitrogens with two attached hydrogens (primary N) is 2. The quantitative estimate of drug-likeness (QED) is 0.153. The van der Waals surface area contributed by atoms with Gasteiger partial charge in [0.05, 0.1) is 0 Å². The summed E-state index contributed by atoms with van der Waals surface area (Å²) in [6, 6.07) is 34.7. The second-order valence-corrected chi connectivity index (χ2v) is 13.5. The van der Waals surface area contributed by atoms with Gasteiger partial charge < -0.3 is 16.8 Å². The summed E-state index contributed by atoms with van der Waals surface area (Å²) in [5.41, 5.74) is 26.2. The van der Waals surface area contributed by atoms with Crippen molar-refractivity contribution in [3.05, 3.63) is 162 Å². The molecule has 3 unspecified atom stereocenters. The highest BCUT2D eigenvalue weighted by Crippen LogP contribution is 2.39. The highest BCUT2D eigenvalue weighted by molar-refractivity contribution is 5.86. The standard InChI is InChI=1S/C45H47N3/c46-44(35-21-11-4-12-22-35)43(34-19-9-3-10-20-34)45(47)39-25-14-26-40(30-39)48-42-28-27-38(31-41(42)33-17-7-2-8-18-33)37-24-13-23-36(29-37)32-15-5-1-6-16-32/h2-3,5,7-9,11,13-19,21,23-31,35,43-45,48H,1,4,6,10,12,20,22,46-47H2/t35?,43?,44-,45?/m0/s1. The molecule has 3 aliphatic carbocycles. The van der Waals surface area contributed by atoms with Crippen molar-refractivity contribution in [2.45, 2.75) is 57.0 Å². The molecule has 4 atom stereocenters. The Morgan fingerprint density at radius 2 is 1.52 bits per heavy atom. The van der Waals surface area contributed by atoms with Gasteiger partial charge in [0.15, 0.2) is 0 Å². The molecule has 0 spiro atoms. The number of hydrogen-bond acceptors (Lipinski definition) is 3. The van der Waals surface area contributed by atoms with E-state index in [1.807, 2.05) is 0 Å². The van der Waals surface area contributed by atoms with Gasteiger partial charge in [0.1, 0.15) is 0 Å². The first-order valence-electron chi connectivity index (χ1n) is 17.7. The van der Waals surface area contributed by atoms with Crippen LogP contribution in [0.25, 0.3) is 27.8 Å². The third-order valence-corrected chi connectivity index (χ3v) is 10.2. The average Bonchev–Trinajstić information content (AvgIpc) is 3.16. The fourth-order valence-electron chi connectivity index (χ4n) is 7.62. The van der Waals surface area contributed by atoms with E-state index in [4.69, 9.17) is 11.5 Å². The summed E-state index contributed by atoms with van der Waals surface area (Å²) in [7, 11) is 0. The molecule has 5 N–H and O–H groups in total. The zero-order chi connectivity index (χ0) is 32.7. The van der Waals surface area contributed by atoms with Gasteiger partial charge in [0, 0.05) is 34.9 Å². The van der Waals surface area contributed by atoms with Crippen molar-refractivity contribution in [1.29, 1.82) is 0 Å². The molecule has 242 valence electrons. The minimum Gasteiger partial charge on any atom is -0.355 e. The lowest BCUT2D eigenvalue weighted by molar-refractivity contribution is 0.315. The number of rotatable bonds is 10. The lowest BCUT2D eigenvalue weighted by Gasteiger charge is -2.37. The summed E-state index contributed by atoms with van der Waals surface area (Å²) in [5, 5.41) is 3.78. The lowest BCUT2D eigenvalue weighted by atomic mass is 9.73.